The zero-order chi connectivity index (χ0) is 11.0. The van der Waals surface area contributed by atoms with Crippen LogP contribution in [0.25, 0.3) is 17.1 Å². The molecule has 0 fully saturated rings. The Bertz CT molecular complexity index is 599. The molecule has 0 saturated heterocycles. The molecule has 1 aliphatic rings. The van der Waals surface area contributed by atoms with Crippen LogP contribution in [0.4, 0.5) is 5.69 Å². The van der Waals surface area contributed by atoms with Gasteiger partial charge in [-0.05, 0) is 17.7 Å². The van der Waals surface area contributed by atoms with Crippen molar-refractivity contribution in [2.75, 3.05) is 5.43 Å². The molecular weight excluding hydrogens is 226 g/mol. The minimum absolute atomic E-state index is 0.408. The number of aromatic amines is 1. The molecule has 0 atom stereocenters. The molecule has 80 valence electrons. The van der Waals surface area contributed by atoms with Crippen molar-refractivity contribution < 1.29 is 0 Å². The smallest absolute Gasteiger partial charge is 0.138 e. The highest BCUT2D eigenvalue weighted by Gasteiger charge is 2.14. The number of alkyl halides is 1. The van der Waals surface area contributed by atoms with Gasteiger partial charge in [0.1, 0.15) is 11.0 Å². The van der Waals surface area contributed by atoms with Gasteiger partial charge < -0.3 is 0 Å². The number of hydrazone groups is 1. The molecule has 2 heterocycles. The molecule has 0 saturated carbocycles. The second-order valence-electron chi connectivity index (χ2n) is 3.40. The molecule has 0 unspecified atom stereocenters. The van der Waals surface area contributed by atoms with Gasteiger partial charge in [-0.1, -0.05) is 6.08 Å². The minimum Gasteiger partial charge on any atom is -0.276 e. The zero-order valence-corrected chi connectivity index (χ0v) is 8.99. The first-order valence-corrected chi connectivity index (χ1v) is 5.31. The summed E-state index contributed by atoms with van der Waals surface area (Å²) in [6.07, 6.45) is 5.51. The number of fused-ring (bicyclic) bond motifs is 3. The summed E-state index contributed by atoms with van der Waals surface area (Å²) in [5.41, 5.74) is 7.31. The maximum absolute atomic E-state index is 5.89. The van der Waals surface area contributed by atoms with Crippen LogP contribution in [0.2, 0.25) is 0 Å². The average Bonchev–Trinajstić information content (AvgIpc) is 2.67. The van der Waals surface area contributed by atoms with Crippen molar-refractivity contribution in [3.05, 3.63) is 23.3 Å². The molecule has 1 aromatic carbocycles. The lowest BCUT2D eigenvalue weighted by atomic mass is 10.1. The standard InChI is InChI=1S/C10H8ClN5/c11-5-7-4-6-2-1-3-12-13-8(6)10-9(7)14-16-15-10/h1-4,13H,5H2,(H,14,15,16). The van der Waals surface area contributed by atoms with Gasteiger partial charge in [-0.15, -0.1) is 11.6 Å². The van der Waals surface area contributed by atoms with Crippen molar-refractivity contribution in [3.8, 4) is 0 Å². The summed E-state index contributed by atoms with van der Waals surface area (Å²) in [6, 6.07) is 1.99. The lowest BCUT2D eigenvalue weighted by molar-refractivity contribution is 0.958. The Labute approximate surface area is 96.2 Å². The van der Waals surface area contributed by atoms with Crippen LogP contribution in [0.5, 0.6) is 0 Å². The number of hydrogen-bond acceptors (Lipinski definition) is 4. The number of nitrogens with zero attached hydrogens (tertiary/aromatic N) is 3. The van der Waals surface area contributed by atoms with E-state index in [1.54, 1.807) is 6.21 Å². The normalized spacial score (nSPS) is 13.6. The summed E-state index contributed by atoms with van der Waals surface area (Å²) in [7, 11) is 0. The van der Waals surface area contributed by atoms with E-state index in [9.17, 15) is 0 Å². The van der Waals surface area contributed by atoms with Crippen molar-refractivity contribution >= 4 is 40.6 Å². The van der Waals surface area contributed by atoms with Gasteiger partial charge in [0, 0.05) is 17.7 Å². The van der Waals surface area contributed by atoms with E-state index >= 15 is 0 Å². The summed E-state index contributed by atoms with van der Waals surface area (Å²) < 4.78 is 0. The molecule has 6 heteroatoms. The van der Waals surface area contributed by atoms with Crippen molar-refractivity contribution in [1.29, 1.82) is 0 Å². The van der Waals surface area contributed by atoms with Crippen LogP contribution in [0.3, 0.4) is 0 Å². The highest BCUT2D eigenvalue weighted by Crippen LogP contribution is 2.30. The summed E-state index contributed by atoms with van der Waals surface area (Å²) in [4.78, 5) is 0. The molecule has 2 N–H and O–H groups in total. The van der Waals surface area contributed by atoms with Crippen LogP contribution in [-0.2, 0) is 5.88 Å². The summed E-state index contributed by atoms with van der Waals surface area (Å²) >= 11 is 5.89. The first kappa shape index (κ1) is 9.35. The molecule has 0 aliphatic carbocycles. The van der Waals surface area contributed by atoms with Gasteiger partial charge in [-0.3, -0.25) is 5.43 Å². The second-order valence-corrected chi connectivity index (χ2v) is 3.67. The zero-order valence-electron chi connectivity index (χ0n) is 8.24. The van der Waals surface area contributed by atoms with Gasteiger partial charge in [-0.25, -0.2) is 0 Å². The van der Waals surface area contributed by atoms with Gasteiger partial charge in [0.15, 0.2) is 0 Å². The molecule has 3 rings (SSSR count). The Balaban J connectivity index is 2.37. The lowest BCUT2D eigenvalue weighted by Crippen LogP contribution is -1.94. The number of aromatic nitrogens is 3. The van der Waals surface area contributed by atoms with Gasteiger partial charge in [0.2, 0.25) is 0 Å². The first-order chi connectivity index (χ1) is 7.90. The van der Waals surface area contributed by atoms with E-state index in [0.717, 1.165) is 27.8 Å². The van der Waals surface area contributed by atoms with E-state index in [4.69, 9.17) is 11.6 Å². The predicted octanol–water partition coefficient (Wildman–Crippen LogP) is 2.12. The number of halogens is 1. The van der Waals surface area contributed by atoms with E-state index in [2.05, 4.69) is 25.9 Å². The van der Waals surface area contributed by atoms with E-state index in [0.29, 0.717) is 5.88 Å². The molecule has 5 nitrogen and oxygen atoms in total. The molecule has 0 bridgehead atoms. The molecule has 0 amide bonds. The Hall–Kier alpha value is -1.88. The Kier molecular flexibility index (Phi) is 2.11. The molecule has 0 radical (unpaired) electrons. The Morgan fingerprint density at radius 1 is 1.25 bits per heavy atom. The molecule has 1 aromatic heterocycles. The molecular formula is C10H8ClN5. The maximum Gasteiger partial charge on any atom is 0.138 e. The van der Waals surface area contributed by atoms with Crippen LogP contribution in [-0.4, -0.2) is 21.6 Å². The Morgan fingerprint density at radius 3 is 3.00 bits per heavy atom. The van der Waals surface area contributed by atoms with Crippen molar-refractivity contribution in [1.82, 2.24) is 15.4 Å². The fourth-order valence-corrected chi connectivity index (χ4v) is 1.94. The minimum atomic E-state index is 0.408. The fraction of sp³-hybridized carbons (Fsp3) is 0.100. The van der Waals surface area contributed by atoms with Crippen LogP contribution < -0.4 is 5.43 Å². The van der Waals surface area contributed by atoms with Crippen LogP contribution in [0.1, 0.15) is 11.1 Å². The molecule has 0 spiro atoms. The highest BCUT2D eigenvalue weighted by molar-refractivity contribution is 6.18. The van der Waals surface area contributed by atoms with E-state index in [-0.39, 0.29) is 0 Å². The fourth-order valence-electron chi connectivity index (χ4n) is 1.74. The van der Waals surface area contributed by atoms with Gasteiger partial charge in [-0.2, -0.15) is 20.5 Å². The predicted molar refractivity (Wildman–Crippen MR) is 64.6 cm³/mol. The third kappa shape index (κ3) is 1.29. The maximum atomic E-state index is 5.89. The van der Waals surface area contributed by atoms with Gasteiger partial charge in [0.25, 0.3) is 0 Å². The molecule has 2 aromatic rings. The SMILES string of the molecule is ClCc1cc2c(c3n[nH]nc13)NN=CC=C2. The van der Waals surface area contributed by atoms with Gasteiger partial charge in [0.05, 0.1) is 5.69 Å². The summed E-state index contributed by atoms with van der Waals surface area (Å²) in [5, 5.41) is 14.8. The van der Waals surface area contributed by atoms with Crippen molar-refractivity contribution in [2.24, 2.45) is 5.10 Å². The number of H-pyrrole nitrogens is 1. The van der Waals surface area contributed by atoms with Crippen LogP contribution in [0, 0.1) is 0 Å². The third-order valence-corrected chi connectivity index (χ3v) is 2.75. The molecule has 16 heavy (non-hydrogen) atoms. The molecule has 1 aliphatic heterocycles. The first-order valence-electron chi connectivity index (χ1n) is 4.78. The van der Waals surface area contributed by atoms with Crippen LogP contribution >= 0.6 is 11.6 Å². The highest BCUT2D eigenvalue weighted by atomic mass is 35.5. The number of anilines is 1. The number of allylic oxidation sites excluding steroid dienone is 1. The largest absolute Gasteiger partial charge is 0.276 e. The number of benzene rings is 1. The summed E-state index contributed by atoms with van der Waals surface area (Å²) in [6.45, 7) is 0. The van der Waals surface area contributed by atoms with Crippen molar-refractivity contribution in [3.63, 3.8) is 0 Å². The number of hydrogen-bond donors (Lipinski definition) is 2. The number of rotatable bonds is 1. The number of nitrogens with one attached hydrogen (secondary N) is 2. The van der Waals surface area contributed by atoms with E-state index in [1.807, 2.05) is 18.2 Å². The summed E-state index contributed by atoms with van der Waals surface area (Å²) in [5.74, 6) is 0.408. The Morgan fingerprint density at radius 2 is 2.12 bits per heavy atom. The third-order valence-electron chi connectivity index (χ3n) is 2.46. The quantitative estimate of drug-likeness (QED) is 0.742. The van der Waals surface area contributed by atoms with E-state index in [1.165, 1.54) is 0 Å². The van der Waals surface area contributed by atoms with Crippen LogP contribution in [0.15, 0.2) is 17.2 Å². The monoisotopic (exact) mass is 233 g/mol. The van der Waals surface area contributed by atoms with Crippen molar-refractivity contribution in [2.45, 2.75) is 5.88 Å². The topological polar surface area (TPSA) is 66.0 Å². The second kappa shape index (κ2) is 3.61. The van der Waals surface area contributed by atoms with Gasteiger partial charge >= 0.3 is 0 Å². The lowest BCUT2D eigenvalue weighted by Gasteiger charge is -2.06. The average molecular weight is 234 g/mol. The van der Waals surface area contributed by atoms with E-state index < -0.39 is 0 Å².